The van der Waals surface area contributed by atoms with Crippen molar-refractivity contribution in [3.63, 3.8) is 0 Å². The standard InChI is InChI=1S/C15H21NO4/c17-7-4-15(5-8-18-9-6-15)16-10-12-2-1-3-13-14(12)20-11-19-13/h1-3,16-17H,4-11H2. The molecular formula is C15H21NO4. The maximum Gasteiger partial charge on any atom is 0.231 e. The fraction of sp³-hybridized carbons (Fsp3) is 0.600. The van der Waals surface area contributed by atoms with E-state index >= 15 is 0 Å². The molecule has 2 heterocycles. The van der Waals surface area contributed by atoms with Crippen LogP contribution in [-0.2, 0) is 11.3 Å². The van der Waals surface area contributed by atoms with Gasteiger partial charge in [0, 0.05) is 37.5 Å². The molecule has 20 heavy (non-hydrogen) atoms. The Morgan fingerprint density at radius 1 is 1.20 bits per heavy atom. The molecule has 5 nitrogen and oxygen atoms in total. The van der Waals surface area contributed by atoms with Gasteiger partial charge in [-0.25, -0.2) is 0 Å². The minimum atomic E-state index is -0.0326. The fourth-order valence-corrected chi connectivity index (χ4v) is 2.90. The van der Waals surface area contributed by atoms with Crippen molar-refractivity contribution in [2.45, 2.75) is 31.3 Å². The van der Waals surface area contributed by atoms with E-state index in [9.17, 15) is 5.11 Å². The lowest BCUT2D eigenvalue weighted by Gasteiger charge is -2.38. The number of para-hydroxylation sites is 1. The quantitative estimate of drug-likeness (QED) is 0.854. The van der Waals surface area contributed by atoms with E-state index in [1.54, 1.807) is 0 Å². The molecule has 2 aliphatic rings. The van der Waals surface area contributed by atoms with Crippen LogP contribution in [0.25, 0.3) is 0 Å². The van der Waals surface area contributed by atoms with Crippen molar-refractivity contribution in [2.75, 3.05) is 26.6 Å². The highest BCUT2D eigenvalue weighted by molar-refractivity contribution is 5.48. The molecule has 2 aliphatic heterocycles. The molecule has 0 bridgehead atoms. The summed E-state index contributed by atoms with van der Waals surface area (Å²) in [6, 6.07) is 5.95. The number of aliphatic hydroxyl groups is 1. The summed E-state index contributed by atoms with van der Waals surface area (Å²) in [7, 11) is 0. The van der Waals surface area contributed by atoms with Crippen molar-refractivity contribution in [1.29, 1.82) is 0 Å². The van der Waals surface area contributed by atoms with E-state index in [2.05, 4.69) is 5.32 Å². The molecule has 1 saturated heterocycles. The lowest BCUT2D eigenvalue weighted by Crippen LogP contribution is -2.49. The van der Waals surface area contributed by atoms with Gasteiger partial charge in [-0.15, -0.1) is 0 Å². The molecule has 0 radical (unpaired) electrons. The van der Waals surface area contributed by atoms with Crippen molar-refractivity contribution in [1.82, 2.24) is 5.32 Å². The Kier molecular flexibility index (Phi) is 4.10. The van der Waals surface area contributed by atoms with Crippen LogP contribution in [0.1, 0.15) is 24.8 Å². The van der Waals surface area contributed by atoms with Crippen LogP contribution in [0.15, 0.2) is 18.2 Å². The Labute approximate surface area is 118 Å². The van der Waals surface area contributed by atoms with Crippen LogP contribution in [0.5, 0.6) is 11.5 Å². The van der Waals surface area contributed by atoms with Gasteiger partial charge in [-0.05, 0) is 25.3 Å². The highest BCUT2D eigenvalue weighted by atomic mass is 16.7. The van der Waals surface area contributed by atoms with Crippen LogP contribution < -0.4 is 14.8 Å². The first-order chi connectivity index (χ1) is 9.83. The second kappa shape index (κ2) is 5.99. The number of hydrogen-bond donors (Lipinski definition) is 2. The Balaban J connectivity index is 1.70. The van der Waals surface area contributed by atoms with Crippen LogP contribution in [0.4, 0.5) is 0 Å². The zero-order chi connectivity index (χ0) is 13.8. The van der Waals surface area contributed by atoms with Crippen LogP contribution in [0, 0.1) is 0 Å². The molecule has 5 heteroatoms. The molecule has 1 fully saturated rings. The number of fused-ring (bicyclic) bond motifs is 1. The first kappa shape index (κ1) is 13.7. The summed E-state index contributed by atoms with van der Waals surface area (Å²) in [5.74, 6) is 1.65. The smallest absolute Gasteiger partial charge is 0.231 e. The van der Waals surface area contributed by atoms with Gasteiger partial charge in [0.15, 0.2) is 11.5 Å². The molecule has 1 aromatic rings. The Morgan fingerprint density at radius 2 is 2.05 bits per heavy atom. The fourth-order valence-electron chi connectivity index (χ4n) is 2.90. The molecule has 0 spiro atoms. The maximum absolute atomic E-state index is 9.31. The van der Waals surface area contributed by atoms with Crippen molar-refractivity contribution in [2.24, 2.45) is 0 Å². The average Bonchev–Trinajstić information content (AvgIpc) is 2.95. The summed E-state index contributed by atoms with van der Waals surface area (Å²) >= 11 is 0. The van der Waals surface area contributed by atoms with Gasteiger partial charge in [0.1, 0.15) is 0 Å². The second-order valence-corrected chi connectivity index (χ2v) is 5.37. The van der Waals surface area contributed by atoms with Crippen LogP contribution >= 0.6 is 0 Å². The van der Waals surface area contributed by atoms with E-state index in [0.29, 0.717) is 13.3 Å². The van der Waals surface area contributed by atoms with E-state index in [1.165, 1.54) is 0 Å². The zero-order valence-corrected chi connectivity index (χ0v) is 11.6. The van der Waals surface area contributed by atoms with E-state index in [-0.39, 0.29) is 12.1 Å². The molecular weight excluding hydrogens is 258 g/mol. The lowest BCUT2D eigenvalue weighted by molar-refractivity contribution is 0.0266. The van der Waals surface area contributed by atoms with Crippen LogP contribution in [0.3, 0.4) is 0 Å². The highest BCUT2D eigenvalue weighted by Crippen LogP contribution is 2.36. The molecule has 0 saturated carbocycles. The molecule has 0 amide bonds. The molecule has 1 aromatic carbocycles. The summed E-state index contributed by atoms with van der Waals surface area (Å²) in [5.41, 5.74) is 1.07. The predicted molar refractivity (Wildman–Crippen MR) is 73.9 cm³/mol. The number of rotatable bonds is 5. The number of aliphatic hydroxyl groups excluding tert-OH is 1. The zero-order valence-electron chi connectivity index (χ0n) is 11.6. The molecule has 0 aromatic heterocycles. The summed E-state index contributed by atoms with van der Waals surface area (Å²) in [6.45, 7) is 2.70. The van der Waals surface area contributed by atoms with Gasteiger partial charge in [-0.2, -0.15) is 0 Å². The lowest BCUT2D eigenvalue weighted by atomic mass is 9.86. The molecule has 0 aliphatic carbocycles. The summed E-state index contributed by atoms with van der Waals surface area (Å²) in [6.07, 6.45) is 2.61. The third kappa shape index (κ3) is 2.75. The first-order valence-electron chi connectivity index (χ1n) is 7.14. The summed E-state index contributed by atoms with van der Waals surface area (Å²) in [4.78, 5) is 0. The van der Waals surface area contributed by atoms with E-state index in [0.717, 1.165) is 49.5 Å². The Bertz CT molecular complexity index is 452. The number of benzene rings is 1. The maximum atomic E-state index is 9.31. The second-order valence-electron chi connectivity index (χ2n) is 5.37. The molecule has 3 rings (SSSR count). The predicted octanol–water partition coefficient (Wildman–Crippen LogP) is 1.44. The molecule has 2 N–H and O–H groups in total. The SMILES string of the molecule is OCCC1(NCc2cccc3c2OCO3)CCOCC1. The van der Waals surface area contributed by atoms with Gasteiger partial charge < -0.3 is 24.6 Å². The average molecular weight is 279 g/mol. The Hall–Kier alpha value is -1.30. The third-order valence-corrected chi connectivity index (χ3v) is 4.17. The molecule has 110 valence electrons. The normalized spacial score (nSPS) is 20.1. The Morgan fingerprint density at radius 3 is 2.85 bits per heavy atom. The number of hydrogen-bond acceptors (Lipinski definition) is 5. The minimum absolute atomic E-state index is 0.0326. The van der Waals surface area contributed by atoms with Gasteiger partial charge in [-0.1, -0.05) is 12.1 Å². The van der Waals surface area contributed by atoms with Gasteiger partial charge in [0.05, 0.1) is 0 Å². The van der Waals surface area contributed by atoms with E-state index in [4.69, 9.17) is 14.2 Å². The number of ether oxygens (including phenoxy) is 3. The van der Waals surface area contributed by atoms with Crippen LogP contribution in [-0.4, -0.2) is 37.3 Å². The summed E-state index contributed by atoms with van der Waals surface area (Å²) in [5, 5.41) is 12.9. The monoisotopic (exact) mass is 279 g/mol. The largest absolute Gasteiger partial charge is 0.454 e. The van der Waals surface area contributed by atoms with Gasteiger partial charge in [-0.3, -0.25) is 0 Å². The molecule has 0 atom stereocenters. The molecule has 0 unspecified atom stereocenters. The van der Waals surface area contributed by atoms with Crippen LogP contribution in [0.2, 0.25) is 0 Å². The van der Waals surface area contributed by atoms with Crippen molar-refractivity contribution >= 4 is 0 Å². The topological polar surface area (TPSA) is 60.0 Å². The summed E-state index contributed by atoms with van der Waals surface area (Å²) < 4.78 is 16.4. The minimum Gasteiger partial charge on any atom is -0.454 e. The highest BCUT2D eigenvalue weighted by Gasteiger charge is 2.32. The van der Waals surface area contributed by atoms with Crippen molar-refractivity contribution in [3.8, 4) is 11.5 Å². The van der Waals surface area contributed by atoms with E-state index < -0.39 is 0 Å². The van der Waals surface area contributed by atoms with Gasteiger partial charge in [0.2, 0.25) is 6.79 Å². The van der Waals surface area contributed by atoms with E-state index in [1.807, 2.05) is 18.2 Å². The van der Waals surface area contributed by atoms with Gasteiger partial charge in [0.25, 0.3) is 0 Å². The van der Waals surface area contributed by atoms with Gasteiger partial charge >= 0.3 is 0 Å². The third-order valence-electron chi connectivity index (χ3n) is 4.17. The van der Waals surface area contributed by atoms with Crippen molar-refractivity contribution in [3.05, 3.63) is 23.8 Å². The number of nitrogens with one attached hydrogen (secondary N) is 1. The first-order valence-corrected chi connectivity index (χ1v) is 7.14. The van der Waals surface area contributed by atoms with Crippen molar-refractivity contribution < 1.29 is 19.3 Å².